The lowest BCUT2D eigenvalue weighted by atomic mass is 10.0. The number of amides is 2. The molecule has 1 aromatic carbocycles. The molecule has 0 aliphatic rings. The largest absolute Gasteiger partial charge is 0.455 e. The molecule has 27 heavy (non-hydrogen) atoms. The van der Waals surface area contributed by atoms with E-state index in [1.54, 1.807) is 37.5 Å². The summed E-state index contributed by atoms with van der Waals surface area (Å²) in [4.78, 5) is 28.2. The minimum atomic E-state index is -0.698. The predicted molar refractivity (Wildman–Crippen MR) is 103 cm³/mol. The molecule has 1 heterocycles. The molecule has 1 atom stereocenters. The van der Waals surface area contributed by atoms with E-state index in [9.17, 15) is 9.59 Å². The molecule has 0 bridgehead atoms. The van der Waals surface area contributed by atoms with Crippen LogP contribution >= 0.6 is 0 Å². The summed E-state index contributed by atoms with van der Waals surface area (Å²) in [6.45, 7) is 7.55. The van der Waals surface area contributed by atoms with Gasteiger partial charge >= 0.3 is 6.09 Å². The monoisotopic (exact) mass is 371 g/mol. The van der Waals surface area contributed by atoms with E-state index in [1.807, 2.05) is 32.9 Å². The Labute approximate surface area is 159 Å². The minimum absolute atomic E-state index is 0.0938. The Morgan fingerprint density at radius 1 is 1.22 bits per heavy atom. The van der Waals surface area contributed by atoms with Crippen LogP contribution < -0.4 is 15.4 Å². The van der Waals surface area contributed by atoms with E-state index < -0.39 is 12.1 Å². The van der Waals surface area contributed by atoms with Crippen molar-refractivity contribution in [3.63, 3.8) is 0 Å². The number of carbonyl (C=O) groups excluding carboxylic acids is 2. The summed E-state index contributed by atoms with van der Waals surface area (Å²) < 4.78 is 10.6. The van der Waals surface area contributed by atoms with Gasteiger partial charge in [-0.3, -0.25) is 9.78 Å². The van der Waals surface area contributed by atoms with E-state index in [2.05, 4.69) is 15.6 Å². The third-order valence-corrected chi connectivity index (χ3v) is 3.80. The average molecular weight is 371 g/mol. The molecule has 1 unspecified atom stereocenters. The lowest BCUT2D eigenvalue weighted by Crippen LogP contribution is -2.47. The summed E-state index contributed by atoms with van der Waals surface area (Å²) >= 11 is 0. The van der Waals surface area contributed by atoms with Crippen LogP contribution in [0, 0.1) is 12.8 Å². The number of pyridine rings is 1. The van der Waals surface area contributed by atoms with Gasteiger partial charge in [0.15, 0.2) is 0 Å². The van der Waals surface area contributed by atoms with Gasteiger partial charge < -0.3 is 20.1 Å². The van der Waals surface area contributed by atoms with Crippen molar-refractivity contribution < 1.29 is 19.1 Å². The molecule has 2 N–H and O–H groups in total. The molecule has 0 radical (unpaired) electrons. The standard InChI is InChI=1S/C20H25N3O4/c1-5-26-20(25)23-18(13(2)3)19(24)22-15-8-9-17(14(4)11-15)27-16-7-6-10-21-12-16/h6-13,18H,5H2,1-4H3,(H,22,24)(H,23,25). The van der Waals surface area contributed by atoms with Crippen LogP contribution in [0.2, 0.25) is 0 Å². The maximum atomic E-state index is 12.6. The Morgan fingerprint density at radius 2 is 2.00 bits per heavy atom. The number of hydrogen-bond acceptors (Lipinski definition) is 5. The van der Waals surface area contributed by atoms with Crippen molar-refractivity contribution in [2.75, 3.05) is 11.9 Å². The second-order valence-electron chi connectivity index (χ2n) is 6.35. The number of alkyl carbamates (subject to hydrolysis) is 1. The molecule has 0 saturated heterocycles. The zero-order valence-corrected chi connectivity index (χ0v) is 16.0. The second kappa shape index (κ2) is 9.56. The lowest BCUT2D eigenvalue weighted by molar-refractivity contribution is -0.119. The van der Waals surface area contributed by atoms with Gasteiger partial charge in [-0.25, -0.2) is 4.79 Å². The number of rotatable bonds is 7. The minimum Gasteiger partial charge on any atom is -0.455 e. The zero-order valence-electron chi connectivity index (χ0n) is 16.0. The van der Waals surface area contributed by atoms with Crippen LogP contribution in [0.4, 0.5) is 10.5 Å². The number of carbonyl (C=O) groups is 2. The molecule has 0 saturated carbocycles. The van der Waals surface area contributed by atoms with Crippen molar-refractivity contribution >= 4 is 17.7 Å². The fourth-order valence-corrected chi connectivity index (χ4v) is 2.43. The van der Waals surface area contributed by atoms with Gasteiger partial charge in [-0.2, -0.15) is 0 Å². The molecule has 2 amide bonds. The third-order valence-electron chi connectivity index (χ3n) is 3.80. The SMILES string of the molecule is CCOC(=O)NC(C(=O)Nc1ccc(Oc2cccnc2)c(C)c1)C(C)C. The molecular weight excluding hydrogens is 346 g/mol. The Bertz CT molecular complexity index is 778. The van der Waals surface area contributed by atoms with Crippen LogP contribution in [0.15, 0.2) is 42.7 Å². The summed E-state index contributed by atoms with van der Waals surface area (Å²) in [7, 11) is 0. The summed E-state index contributed by atoms with van der Waals surface area (Å²) in [6, 6.07) is 8.25. The molecule has 7 heteroatoms. The highest BCUT2D eigenvalue weighted by molar-refractivity contribution is 5.96. The van der Waals surface area contributed by atoms with Crippen LogP contribution in [0.1, 0.15) is 26.3 Å². The molecule has 2 rings (SSSR count). The van der Waals surface area contributed by atoms with Gasteiger partial charge in [0.05, 0.1) is 12.8 Å². The number of nitrogens with one attached hydrogen (secondary N) is 2. The van der Waals surface area contributed by atoms with E-state index in [1.165, 1.54) is 0 Å². The maximum Gasteiger partial charge on any atom is 0.407 e. The van der Waals surface area contributed by atoms with Crippen molar-refractivity contribution in [1.82, 2.24) is 10.3 Å². The van der Waals surface area contributed by atoms with Gasteiger partial charge in [0.1, 0.15) is 17.5 Å². The van der Waals surface area contributed by atoms with Crippen LogP contribution in [0.25, 0.3) is 0 Å². The molecule has 1 aromatic heterocycles. The quantitative estimate of drug-likeness (QED) is 0.771. The molecular formula is C20H25N3O4. The molecule has 0 aliphatic carbocycles. The summed E-state index contributed by atoms with van der Waals surface area (Å²) in [5.74, 6) is 0.907. The van der Waals surface area contributed by atoms with Crippen LogP contribution in [0.3, 0.4) is 0 Å². The highest BCUT2D eigenvalue weighted by Crippen LogP contribution is 2.27. The van der Waals surface area contributed by atoms with Crippen molar-refractivity contribution in [3.8, 4) is 11.5 Å². The van der Waals surface area contributed by atoms with Gasteiger partial charge in [0, 0.05) is 11.9 Å². The highest BCUT2D eigenvalue weighted by atomic mass is 16.5. The fraction of sp³-hybridized carbons (Fsp3) is 0.350. The lowest BCUT2D eigenvalue weighted by Gasteiger charge is -2.21. The van der Waals surface area contributed by atoms with Crippen molar-refractivity contribution in [3.05, 3.63) is 48.3 Å². The third kappa shape index (κ3) is 5.99. The first-order valence-corrected chi connectivity index (χ1v) is 8.83. The number of aryl methyl sites for hydroxylation is 1. The van der Waals surface area contributed by atoms with Crippen molar-refractivity contribution in [2.24, 2.45) is 5.92 Å². The van der Waals surface area contributed by atoms with Crippen LogP contribution in [-0.2, 0) is 9.53 Å². The number of hydrogen-bond donors (Lipinski definition) is 2. The van der Waals surface area contributed by atoms with Gasteiger partial charge in [0.25, 0.3) is 0 Å². The van der Waals surface area contributed by atoms with Gasteiger partial charge in [-0.1, -0.05) is 13.8 Å². The Kier molecular flexibility index (Phi) is 7.16. The Balaban J connectivity index is 2.06. The Hall–Kier alpha value is -3.09. The number of benzene rings is 1. The molecule has 0 spiro atoms. The second-order valence-corrected chi connectivity index (χ2v) is 6.35. The average Bonchev–Trinajstić information content (AvgIpc) is 2.63. The summed E-state index contributed by atoms with van der Waals surface area (Å²) in [5.41, 5.74) is 1.48. The topological polar surface area (TPSA) is 89.5 Å². The molecule has 7 nitrogen and oxygen atoms in total. The summed E-state index contributed by atoms with van der Waals surface area (Å²) in [5, 5.41) is 5.42. The number of aromatic nitrogens is 1. The van der Waals surface area contributed by atoms with Crippen molar-refractivity contribution in [2.45, 2.75) is 33.7 Å². The highest BCUT2D eigenvalue weighted by Gasteiger charge is 2.25. The number of nitrogens with zero attached hydrogens (tertiary/aromatic N) is 1. The number of ether oxygens (including phenoxy) is 2. The van der Waals surface area contributed by atoms with E-state index in [-0.39, 0.29) is 18.4 Å². The normalized spacial score (nSPS) is 11.6. The molecule has 0 aliphatic heterocycles. The smallest absolute Gasteiger partial charge is 0.407 e. The first-order valence-electron chi connectivity index (χ1n) is 8.83. The van der Waals surface area contributed by atoms with Crippen LogP contribution in [0.5, 0.6) is 11.5 Å². The van der Waals surface area contributed by atoms with Gasteiger partial charge in [0.2, 0.25) is 5.91 Å². The zero-order chi connectivity index (χ0) is 19.8. The first-order chi connectivity index (χ1) is 12.9. The fourth-order valence-electron chi connectivity index (χ4n) is 2.43. The first kappa shape index (κ1) is 20.2. The van der Waals surface area contributed by atoms with E-state index >= 15 is 0 Å². The van der Waals surface area contributed by atoms with E-state index in [0.29, 0.717) is 17.2 Å². The summed E-state index contributed by atoms with van der Waals surface area (Å²) in [6.07, 6.45) is 2.69. The molecule has 144 valence electrons. The molecule has 0 fully saturated rings. The van der Waals surface area contributed by atoms with E-state index in [0.717, 1.165) is 5.56 Å². The predicted octanol–water partition coefficient (Wildman–Crippen LogP) is 3.89. The van der Waals surface area contributed by atoms with Gasteiger partial charge in [-0.05, 0) is 55.7 Å². The number of anilines is 1. The van der Waals surface area contributed by atoms with Gasteiger partial charge in [-0.15, -0.1) is 0 Å². The molecule has 2 aromatic rings. The Morgan fingerprint density at radius 3 is 2.59 bits per heavy atom. The maximum absolute atomic E-state index is 12.6. The van der Waals surface area contributed by atoms with Crippen LogP contribution in [-0.4, -0.2) is 29.6 Å². The van der Waals surface area contributed by atoms with Crippen molar-refractivity contribution in [1.29, 1.82) is 0 Å². The van der Waals surface area contributed by atoms with E-state index in [4.69, 9.17) is 9.47 Å².